The number of aldehydes is 1. The molecule has 0 aliphatic heterocycles. The molecule has 0 N–H and O–H groups in total. The van der Waals surface area contributed by atoms with Gasteiger partial charge in [0, 0.05) is 14.2 Å². The molecule has 86 valence electrons. The molecular formula is C9H16FN3O2. The van der Waals surface area contributed by atoms with Gasteiger partial charge in [-0.15, -0.1) is 5.10 Å². The van der Waals surface area contributed by atoms with Gasteiger partial charge < -0.3 is 4.74 Å². The van der Waals surface area contributed by atoms with E-state index in [0.717, 1.165) is 11.4 Å². The van der Waals surface area contributed by atoms with Gasteiger partial charge in [-0.2, -0.15) is 4.39 Å². The van der Waals surface area contributed by atoms with Crippen molar-refractivity contribution in [2.24, 2.45) is 10.1 Å². The average molecular weight is 217 g/mol. The maximum absolute atomic E-state index is 12.1. The van der Waals surface area contributed by atoms with Crippen LogP contribution in [0.1, 0.15) is 19.8 Å². The van der Waals surface area contributed by atoms with Gasteiger partial charge in [0.25, 0.3) is 0 Å². The molecule has 0 spiro atoms. The highest BCUT2D eigenvalue weighted by molar-refractivity contribution is 6.26. The lowest BCUT2D eigenvalue weighted by Crippen LogP contribution is -2.38. The molecule has 0 aromatic rings. The zero-order valence-corrected chi connectivity index (χ0v) is 9.18. The number of nitrogens with zero attached hydrogens (tertiary/aromatic N) is 3. The third-order valence-electron chi connectivity index (χ3n) is 1.82. The van der Waals surface area contributed by atoms with E-state index in [1.54, 1.807) is 0 Å². The van der Waals surface area contributed by atoms with Crippen LogP contribution < -0.4 is 0 Å². The minimum Gasteiger partial charge on any atom is -0.360 e. The van der Waals surface area contributed by atoms with Crippen molar-refractivity contribution in [2.75, 3.05) is 14.2 Å². The van der Waals surface area contributed by atoms with Crippen LogP contribution in [0.3, 0.4) is 0 Å². The minimum atomic E-state index is -0.481. The monoisotopic (exact) mass is 217 g/mol. The van der Waals surface area contributed by atoms with Crippen LogP contribution >= 0.6 is 0 Å². The third-order valence-corrected chi connectivity index (χ3v) is 1.82. The lowest BCUT2D eigenvalue weighted by molar-refractivity contribution is -0.104. The van der Waals surface area contributed by atoms with E-state index in [9.17, 15) is 9.18 Å². The number of carbonyl (C=O) groups excluding carboxylic acids is 1. The Balaban J connectivity index is 4.82. The van der Waals surface area contributed by atoms with Crippen LogP contribution in [0.25, 0.3) is 0 Å². The molecule has 1 unspecified atom stereocenters. The fourth-order valence-electron chi connectivity index (χ4n) is 1.12. The zero-order chi connectivity index (χ0) is 11.7. The van der Waals surface area contributed by atoms with E-state index < -0.39 is 6.23 Å². The van der Waals surface area contributed by atoms with Crippen molar-refractivity contribution in [2.45, 2.75) is 26.0 Å². The molecule has 0 radical (unpaired) electrons. The lowest BCUT2D eigenvalue weighted by atomic mass is 10.3. The van der Waals surface area contributed by atoms with E-state index in [0.29, 0.717) is 12.7 Å². The molecule has 0 bridgehead atoms. The fourth-order valence-corrected chi connectivity index (χ4v) is 1.12. The Hall–Kier alpha value is -1.30. The van der Waals surface area contributed by atoms with Gasteiger partial charge in [-0.3, -0.25) is 9.79 Å². The standard InChI is InChI=1S/C9H16FN3O2/c1-4-5-9(15-3)13(12-7-10)8(6-14)11-2/h6-7,9H,4-5H2,1-3H3/b11-8?,12-7+. The van der Waals surface area contributed by atoms with Crippen LogP contribution in [0, 0.1) is 0 Å². The predicted octanol–water partition coefficient (Wildman–Crippen LogP) is 1.20. The molecule has 1 atom stereocenters. The molecule has 0 aliphatic carbocycles. The van der Waals surface area contributed by atoms with Crippen LogP contribution in [0.5, 0.6) is 0 Å². The molecular weight excluding hydrogens is 201 g/mol. The number of ether oxygens (including phenoxy) is 1. The number of carbonyl (C=O) groups is 1. The Labute approximate surface area is 88.6 Å². The molecule has 0 heterocycles. The molecule has 0 amide bonds. The number of halogens is 1. The molecule has 0 saturated carbocycles. The van der Waals surface area contributed by atoms with Crippen molar-refractivity contribution in [1.29, 1.82) is 0 Å². The van der Waals surface area contributed by atoms with Gasteiger partial charge in [-0.25, -0.2) is 5.01 Å². The van der Waals surface area contributed by atoms with Gasteiger partial charge in [0.2, 0.25) is 0 Å². The SMILES string of the molecule is CCCC(OC)N(/N=C/F)C(C=O)=NC. The summed E-state index contributed by atoms with van der Waals surface area (Å²) in [6.45, 7) is 2.06. The summed E-state index contributed by atoms with van der Waals surface area (Å²) in [5.41, 5.74) is 0. The number of amidine groups is 1. The first-order valence-electron chi connectivity index (χ1n) is 4.61. The fraction of sp³-hybridized carbons (Fsp3) is 0.667. The molecule has 0 aromatic heterocycles. The quantitative estimate of drug-likeness (QED) is 0.221. The highest BCUT2D eigenvalue weighted by Crippen LogP contribution is 2.09. The second-order valence-electron chi connectivity index (χ2n) is 2.74. The van der Waals surface area contributed by atoms with Gasteiger partial charge in [-0.1, -0.05) is 13.3 Å². The molecule has 0 saturated heterocycles. The van der Waals surface area contributed by atoms with E-state index in [2.05, 4.69) is 10.1 Å². The second-order valence-corrected chi connectivity index (χ2v) is 2.74. The summed E-state index contributed by atoms with van der Waals surface area (Å²) in [7, 11) is 2.91. The van der Waals surface area contributed by atoms with Gasteiger partial charge in [0.15, 0.2) is 24.8 Å². The van der Waals surface area contributed by atoms with Crippen molar-refractivity contribution < 1.29 is 13.9 Å². The lowest BCUT2D eigenvalue weighted by Gasteiger charge is -2.25. The number of rotatable bonds is 6. The Kier molecular flexibility index (Phi) is 7.35. The average Bonchev–Trinajstić information content (AvgIpc) is 2.26. The molecule has 6 heteroatoms. The second kappa shape index (κ2) is 8.05. The summed E-state index contributed by atoms with van der Waals surface area (Å²) in [4.78, 5) is 14.3. The third kappa shape index (κ3) is 4.16. The van der Waals surface area contributed by atoms with E-state index >= 15 is 0 Å². The number of methoxy groups -OCH3 is 1. The Morgan fingerprint density at radius 2 is 2.33 bits per heavy atom. The van der Waals surface area contributed by atoms with Crippen molar-refractivity contribution in [3.8, 4) is 0 Å². The molecule has 0 fully saturated rings. The first-order valence-corrected chi connectivity index (χ1v) is 4.61. The van der Waals surface area contributed by atoms with E-state index in [1.165, 1.54) is 14.2 Å². The Morgan fingerprint density at radius 3 is 2.67 bits per heavy atom. The van der Waals surface area contributed by atoms with Crippen molar-refractivity contribution >= 4 is 18.6 Å². The normalized spacial score (nSPS) is 14.3. The van der Waals surface area contributed by atoms with E-state index in [-0.39, 0.29) is 12.3 Å². The van der Waals surface area contributed by atoms with Crippen molar-refractivity contribution in [3.05, 3.63) is 0 Å². The summed E-state index contributed by atoms with van der Waals surface area (Å²) in [5, 5.41) is 4.53. The number of hydrogen-bond donors (Lipinski definition) is 0. The van der Waals surface area contributed by atoms with Crippen LogP contribution in [-0.2, 0) is 9.53 Å². The van der Waals surface area contributed by atoms with Crippen molar-refractivity contribution in [1.82, 2.24) is 5.01 Å². The summed E-state index contributed by atoms with van der Waals surface area (Å²) >= 11 is 0. The van der Waals surface area contributed by atoms with Gasteiger partial charge >= 0.3 is 0 Å². The summed E-state index contributed by atoms with van der Waals surface area (Å²) in [5.74, 6) is 0.0317. The summed E-state index contributed by atoms with van der Waals surface area (Å²) < 4.78 is 17.1. The van der Waals surface area contributed by atoms with Crippen molar-refractivity contribution in [3.63, 3.8) is 0 Å². The smallest absolute Gasteiger partial charge is 0.195 e. The molecule has 15 heavy (non-hydrogen) atoms. The number of hydrogen-bond acceptors (Lipinski definition) is 4. The highest BCUT2D eigenvalue weighted by Gasteiger charge is 2.19. The first-order chi connectivity index (χ1) is 7.24. The number of hydrazone groups is 1. The maximum atomic E-state index is 12.1. The van der Waals surface area contributed by atoms with E-state index in [4.69, 9.17) is 4.74 Å². The van der Waals surface area contributed by atoms with Gasteiger partial charge in [0.05, 0.1) is 0 Å². The molecule has 0 aromatic carbocycles. The Morgan fingerprint density at radius 1 is 1.67 bits per heavy atom. The first kappa shape index (κ1) is 13.7. The highest BCUT2D eigenvalue weighted by atomic mass is 19.1. The van der Waals surface area contributed by atoms with Gasteiger partial charge in [0.1, 0.15) is 0 Å². The molecule has 5 nitrogen and oxygen atoms in total. The molecule has 0 aliphatic rings. The van der Waals surface area contributed by atoms with Crippen LogP contribution in [0.4, 0.5) is 4.39 Å². The molecule has 0 rings (SSSR count). The Bertz CT molecular complexity index is 244. The van der Waals surface area contributed by atoms with Crippen LogP contribution in [-0.4, -0.2) is 44.0 Å². The minimum absolute atomic E-state index is 0.0317. The number of aliphatic imine (C=N–C) groups is 1. The largest absolute Gasteiger partial charge is 0.360 e. The zero-order valence-electron chi connectivity index (χ0n) is 9.18. The van der Waals surface area contributed by atoms with Crippen LogP contribution in [0.2, 0.25) is 0 Å². The van der Waals surface area contributed by atoms with E-state index in [1.807, 2.05) is 6.92 Å². The summed E-state index contributed by atoms with van der Waals surface area (Å²) in [6.07, 6.45) is 1.48. The van der Waals surface area contributed by atoms with Crippen LogP contribution in [0.15, 0.2) is 10.1 Å². The summed E-state index contributed by atoms with van der Waals surface area (Å²) in [6, 6.07) is 0. The maximum Gasteiger partial charge on any atom is 0.195 e. The van der Waals surface area contributed by atoms with Gasteiger partial charge in [-0.05, 0) is 6.42 Å². The predicted molar refractivity (Wildman–Crippen MR) is 56.6 cm³/mol. The topological polar surface area (TPSA) is 54.3 Å².